The minimum Gasteiger partial charge on any atom is -0.332 e. The second-order valence-electron chi connectivity index (χ2n) is 4.17. The Morgan fingerprint density at radius 2 is 1.80 bits per heavy atom. The second-order valence-corrected chi connectivity index (χ2v) is 5.49. The molecule has 0 aliphatic carbocycles. The average Bonchev–Trinajstić information content (AvgIpc) is 2.37. The van der Waals surface area contributed by atoms with E-state index >= 15 is 0 Å². The van der Waals surface area contributed by atoms with E-state index in [2.05, 4.69) is 26.6 Å². The van der Waals surface area contributed by atoms with E-state index in [-0.39, 0.29) is 16.6 Å². The van der Waals surface area contributed by atoms with E-state index in [0.717, 1.165) is 0 Å². The van der Waals surface area contributed by atoms with E-state index in [1.165, 1.54) is 12.1 Å². The Balaban J connectivity index is 2.07. The molecule has 0 fully saturated rings. The molecule has 0 saturated carbocycles. The highest BCUT2D eigenvalue weighted by Gasteiger charge is 2.06. The Hall–Kier alpha value is -1.53. The van der Waals surface area contributed by atoms with Crippen LogP contribution in [-0.4, -0.2) is 5.11 Å². The summed E-state index contributed by atoms with van der Waals surface area (Å²) in [5.41, 5.74) is 1.41. The van der Waals surface area contributed by atoms with Crippen molar-refractivity contribution >= 4 is 44.6 Å². The maximum Gasteiger partial charge on any atom is 0.175 e. The number of rotatable bonds is 2. The fourth-order valence-electron chi connectivity index (χ4n) is 1.60. The lowest BCUT2D eigenvalue weighted by Crippen LogP contribution is -2.19. The summed E-state index contributed by atoms with van der Waals surface area (Å²) in [6.07, 6.45) is 0. The number of aryl methyl sites for hydroxylation is 1. The van der Waals surface area contributed by atoms with Crippen LogP contribution in [0, 0.1) is 18.6 Å². The van der Waals surface area contributed by atoms with Crippen molar-refractivity contribution in [1.82, 2.24) is 0 Å². The van der Waals surface area contributed by atoms with Gasteiger partial charge in [0.15, 0.2) is 5.11 Å². The monoisotopic (exact) mass is 356 g/mol. The number of hydrogen-bond acceptors (Lipinski definition) is 1. The highest BCUT2D eigenvalue weighted by Crippen LogP contribution is 2.20. The molecule has 2 nitrogen and oxygen atoms in total. The van der Waals surface area contributed by atoms with E-state index in [1.54, 1.807) is 31.2 Å². The van der Waals surface area contributed by atoms with Gasteiger partial charge in [-0.3, -0.25) is 0 Å². The quantitative estimate of drug-likeness (QED) is 0.752. The minimum absolute atomic E-state index is 0.234. The highest BCUT2D eigenvalue weighted by atomic mass is 79.9. The summed E-state index contributed by atoms with van der Waals surface area (Å²) in [4.78, 5) is 0. The number of anilines is 2. The molecule has 0 atom stereocenters. The van der Waals surface area contributed by atoms with E-state index in [1.807, 2.05) is 0 Å². The van der Waals surface area contributed by atoms with Crippen molar-refractivity contribution < 1.29 is 8.78 Å². The van der Waals surface area contributed by atoms with Gasteiger partial charge in [-0.1, -0.05) is 15.9 Å². The molecular weight excluding hydrogens is 346 g/mol. The third-order valence-electron chi connectivity index (χ3n) is 2.60. The maximum absolute atomic E-state index is 13.6. The van der Waals surface area contributed by atoms with Gasteiger partial charge in [-0.2, -0.15) is 0 Å². The molecule has 2 aromatic rings. The summed E-state index contributed by atoms with van der Waals surface area (Å²) in [6, 6.07) is 9.16. The van der Waals surface area contributed by atoms with Crippen LogP contribution in [0.5, 0.6) is 0 Å². The molecule has 0 amide bonds. The van der Waals surface area contributed by atoms with Crippen molar-refractivity contribution in [2.24, 2.45) is 0 Å². The first kappa shape index (κ1) is 14.9. The van der Waals surface area contributed by atoms with Gasteiger partial charge in [-0.05, 0) is 61.1 Å². The summed E-state index contributed by atoms with van der Waals surface area (Å²) in [7, 11) is 0. The van der Waals surface area contributed by atoms with Gasteiger partial charge in [0.1, 0.15) is 11.6 Å². The van der Waals surface area contributed by atoms with Gasteiger partial charge < -0.3 is 10.6 Å². The van der Waals surface area contributed by atoms with Crippen LogP contribution >= 0.6 is 28.1 Å². The first-order valence-corrected chi connectivity index (χ1v) is 6.95. The van der Waals surface area contributed by atoms with Crippen molar-refractivity contribution in [2.75, 3.05) is 10.6 Å². The van der Waals surface area contributed by atoms with Gasteiger partial charge in [0.25, 0.3) is 0 Å². The Labute approximate surface area is 129 Å². The molecule has 0 aliphatic rings. The molecule has 2 aromatic carbocycles. The normalized spacial score (nSPS) is 10.2. The number of halogens is 3. The zero-order chi connectivity index (χ0) is 14.7. The number of hydrogen-bond donors (Lipinski definition) is 2. The van der Waals surface area contributed by atoms with E-state index in [0.29, 0.717) is 15.7 Å². The molecule has 0 heterocycles. The summed E-state index contributed by atoms with van der Waals surface area (Å²) >= 11 is 8.27. The van der Waals surface area contributed by atoms with Gasteiger partial charge in [-0.25, -0.2) is 8.78 Å². The Kier molecular flexibility index (Phi) is 4.67. The zero-order valence-electron chi connectivity index (χ0n) is 10.5. The van der Waals surface area contributed by atoms with Gasteiger partial charge in [0, 0.05) is 10.2 Å². The van der Waals surface area contributed by atoms with Crippen LogP contribution in [0.1, 0.15) is 5.56 Å². The lowest BCUT2D eigenvalue weighted by atomic mass is 10.2. The van der Waals surface area contributed by atoms with Crippen LogP contribution in [0.4, 0.5) is 20.2 Å². The van der Waals surface area contributed by atoms with Crippen molar-refractivity contribution in [3.63, 3.8) is 0 Å². The predicted octanol–water partition coefficient (Wildman–Crippen LogP) is 4.84. The molecule has 0 unspecified atom stereocenters. The molecule has 2 rings (SSSR count). The number of benzene rings is 2. The molecule has 20 heavy (non-hydrogen) atoms. The summed E-state index contributed by atoms with van der Waals surface area (Å²) in [6.45, 7) is 1.66. The largest absolute Gasteiger partial charge is 0.332 e. The van der Waals surface area contributed by atoms with Gasteiger partial charge in [0.2, 0.25) is 0 Å². The van der Waals surface area contributed by atoms with E-state index in [9.17, 15) is 8.78 Å². The van der Waals surface area contributed by atoms with Crippen LogP contribution in [0.15, 0.2) is 40.9 Å². The van der Waals surface area contributed by atoms with Crippen LogP contribution in [0.2, 0.25) is 0 Å². The van der Waals surface area contributed by atoms with Crippen LogP contribution in [0.3, 0.4) is 0 Å². The minimum atomic E-state index is -0.418. The summed E-state index contributed by atoms with van der Waals surface area (Å²) in [5, 5.41) is 5.86. The molecule has 0 spiro atoms. The molecule has 0 aromatic heterocycles. The topological polar surface area (TPSA) is 24.1 Å². The number of thiocarbonyl (C=S) groups is 1. The smallest absolute Gasteiger partial charge is 0.175 e. The molecule has 0 bridgehead atoms. The average molecular weight is 357 g/mol. The standard InChI is InChI=1S/C14H11BrF2N2S/c1-8-6-10(3-4-11(8)16)18-14(20)19-13-5-2-9(15)7-12(13)17/h2-7H,1H3,(H2,18,19,20). The molecule has 0 saturated heterocycles. The molecule has 0 aliphatic heterocycles. The van der Waals surface area contributed by atoms with Gasteiger partial charge in [-0.15, -0.1) is 0 Å². The summed E-state index contributed by atoms with van der Waals surface area (Å²) < 4.78 is 27.4. The number of nitrogens with one attached hydrogen (secondary N) is 2. The molecule has 6 heteroatoms. The summed E-state index contributed by atoms with van der Waals surface area (Å²) in [5.74, 6) is -0.702. The first-order valence-electron chi connectivity index (χ1n) is 5.75. The lowest BCUT2D eigenvalue weighted by Gasteiger charge is -2.12. The second kappa shape index (κ2) is 6.28. The fourth-order valence-corrected chi connectivity index (χ4v) is 2.16. The van der Waals surface area contributed by atoms with Gasteiger partial charge in [0.05, 0.1) is 5.69 Å². The lowest BCUT2D eigenvalue weighted by molar-refractivity contribution is 0.619. The van der Waals surface area contributed by atoms with Crippen molar-refractivity contribution in [3.05, 3.63) is 58.1 Å². The predicted molar refractivity (Wildman–Crippen MR) is 85.1 cm³/mol. The molecular formula is C14H11BrF2N2S. The van der Waals surface area contributed by atoms with Crippen molar-refractivity contribution in [1.29, 1.82) is 0 Å². The Morgan fingerprint density at radius 1 is 1.05 bits per heavy atom. The fraction of sp³-hybridized carbons (Fsp3) is 0.0714. The third-order valence-corrected chi connectivity index (χ3v) is 3.29. The first-order chi connectivity index (χ1) is 9.45. The van der Waals surface area contributed by atoms with E-state index < -0.39 is 5.82 Å². The van der Waals surface area contributed by atoms with E-state index in [4.69, 9.17) is 12.2 Å². The zero-order valence-corrected chi connectivity index (χ0v) is 12.9. The van der Waals surface area contributed by atoms with Gasteiger partial charge >= 0.3 is 0 Å². The maximum atomic E-state index is 13.6. The SMILES string of the molecule is Cc1cc(NC(=S)Nc2ccc(Br)cc2F)ccc1F. The molecule has 104 valence electrons. The molecule has 0 radical (unpaired) electrons. The van der Waals surface area contributed by atoms with Crippen LogP contribution in [-0.2, 0) is 0 Å². The Morgan fingerprint density at radius 3 is 2.45 bits per heavy atom. The Bertz CT molecular complexity index is 662. The third kappa shape index (κ3) is 3.74. The van der Waals surface area contributed by atoms with Crippen LogP contribution < -0.4 is 10.6 Å². The van der Waals surface area contributed by atoms with Crippen molar-refractivity contribution in [3.8, 4) is 0 Å². The highest BCUT2D eigenvalue weighted by molar-refractivity contribution is 9.10. The van der Waals surface area contributed by atoms with Crippen LogP contribution in [0.25, 0.3) is 0 Å². The molecule has 2 N–H and O–H groups in total. The van der Waals surface area contributed by atoms with Crippen molar-refractivity contribution in [2.45, 2.75) is 6.92 Å².